The first-order valence-corrected chi connectivity index (χ1v) is 12.1. The first kappa shape index (κ1) is 26.0. The van der Waals surface area contributed by atoms with Gasteiger partial charge < -0.3 is 24.4 Å². The van der Waals surface area contributed by atoms with Gasteiger partial charge in [0.15, 0.2) is 0 Å². The Morgan fingerprint density at radius 1 is 0.795 bits per heavy atom. The van der Waals surface area contributed by atoms with E-state index >= 15 is 0 Å². The highest BCUT2D eigenvalue weighted by molar-refractivity contribution is 6.02. The average molecular weight is 535 g/mol. The minimum absolute atomic E-state index is 0.0782. The molecule has 0 aliphatic carbocycles. The van der Waals surface area contributed by atoms with Crippen molar-refractivity contribution in [1.82, 2.24) is 4.90 Å². The largest absolute Gasteiger partial charge is 0.497 e. The molecule has 0 bridgehead atoms. The third kappa shape index (κ3) is 5.62. The zero-order chi connectivity index (χ0) is 27.6. The minimum Gasteiger partial charge on any atom is -0.497 e. The normalized spacial score (nSPS) is 14.8. The minimum atomic E-state index is -4.44. The lowest BCUT2D eigenvalue weighted by molar-refractivity contribution is -0.137. The molecule has 0 radical (unpaired) electrons. The molecule has 9 heteroatoms. The molecular weight excluding hydrogens is 509 g/mol. The molecule has 6 nitrogen and oxygen atoms in total. The van der Waals surface area contributed by atoms with Crippen molar-refractivity contribution < 1.29 is 32.2 Å². The van der Waals surface area contributed by atoms with Crippen molar-refractivity contribution >= 4 is 11.6 Å². The Labute approximate surface area is 223 Å². The number of methoxy groups -OCH3 is 2. The Balaban J connectivity index is 1.48. The molecule has 4 aromatic carbocycles. The average Bonchev–Trinajstić information content (AvgIpc) is 2.94. The van der Waals surface area contributed by atoms with E-state index in [0.717, 1.165) is 17.7 Å². The molecule has 0 saturated heterocycles. The summed E-state index contributed by atoms with van der Waals surface area (Å²) in [7, 11) is 3.10. The fraction of sp³-hybridized carbons (Fsp3) is 0.167. The fourth-order valence-electron chi connectivity index (χ4n) is 4.40. The number of amides is 1. The standard InChI is InChI=1S/C30H25F3N2O4/c1-37-22-10-12-23(13-11-22)39-25-5-3-4-20(16-25)28-34-27-15-14-24(38-2)17-26(27)29(36)35(28)18-19-6-8-21(9-7-19)30(31,32)33/h3-17,28,34H,18H2,1-2H3. The van der Waals surface area contributed by atoms with E-state index in [2.05, 4.69) is 5.32 Å². The van der Waals surface area contributed by atoms with Crippen LogP contribution >= 0.6 is 0 Å². The molecule has 1 unspecified atom stereocenters. The maximum Gasteiger partial charge on any atom is 0.416 e. The fourth-order valence-corrected chi connectivity index (χ4v) is 4.40. The molecular formula is C30H25F3N2O4. The summed E-state index contributed by atoms with van der Waals surface area (Å²) in [5.74, 6) is 2.11. The molecule has 1 atom stereocenters. The Kier molecular flexibility index (Phi) is 7.06. The number of benzene rings is 4. The number of fused-ring (bicyclic) bond motifs is 1. The Morgan fingerprint density at radius 3 is 2.13 bits per heavy atom. The second-order valence-corrected chi connectivity index (χ2v) is 8.94. The van der Waals surface area contributed by atoms with E-state index in [4.69, 9.17) is 14.2 Å². The summed E-state index contributed by atoms with van der Waals surface area (Å²) < 4.78 is 55.8. The summed E-state index contributed by atoms with van der Waals surface area (Å²) in [6.45, 7) is 0.0782. The number of hydrogen-bond acceptors (Lipinski definition) is 5. The second-order valence-electron chi connectivity index (χ2n) is 8.94. The second kappa shape index (κ2) is 10.6. The summed E-state index contributed by atoms with van der Waals surface area (Å²) in [4.78, 5) is 15.3. The van der Waals surface area contributed by atoms with Crippen LogP contribution in [-0.4, -0.2) is 25.0 Å². The van der Waals surface area contributed by atoms with E-state index in [9.17, 15) is 18.0 Å². The highest BCUT2D eigenvalue weighted by Gasteiger charge is 2.34. The summed E-state index contributed by atoms with van der Waals surface area (Å²) in [6.07, 6.45) is -5.05. The van der Waals surface area contributed by atoms with Crippen LogP contribution in [-0.2, 0) is 12.7 Å². The Bertz CT molecular complexity index is 1470. The molecule has 1 aliphatic heterocycles. The molecule has 1 N–H and O–H groups in total. The van der Waals surface area contributed by atoms with Gasteiger partial charge in [0.2, 0.25) is 0 Å². The highest BCUT2D eigenvalue weighted by Crippen LogP contribution is 2.38. The van der Waals surface area contributed by atoms with Gasteiger partial charge in [-0.3, -0.25) is 4.79 Å². The van der Waals surface area contributed by atoms with Crippen LogP contribution in [0, 0.1) is 0 Å². The van der Waals surface area contributed by atoms with Gasteiger partial charge in [0, 0.05) is 12.2 Å². The maximum absolute atomic E-state index is 13.7. The van der Waals surface area contributed by atoms with Crippen LogP contribution in [0.1, 0.15) is 33.2 Å². The molecule has 0 aromatic heterocycles. The predicted molar refractivity (Wildman–Crippen MR) is 140 cm³/mol. The van der Waals surface area contributed by atoms with Gasteiger partial charge >= 0.3 is 6.18 Å². The van der Waals surface area contributed by atoms with Gasteiger partial charge in [-0.15, -0.1) is 0 Å². The van der Waals surface area contributed by atoms with E-state index in [0.29, 0.717) is 39.8 Å². The summed E-state index contributed by atoms with van der Waals surface area (Å²) in [5, 5.41) is 3.40. The first-order chi connectivity index (χ1) is 18.7. The van der Waals surface area contributed by atoms with Gasteiger partial charge in [0.1, 0.15) is 29.2 Å². The topological polar surface area (TPSA) is 60.0 Å². The van der Waals surface area contributed by atoms with Crippen molar-refractivity contribution in [2.75, 3.05) is 19.5 Å². The van der Waals surface area contributed by atoms with Crippen LogP contribution in [0.25, 0.3) is 0 Å². The van der Waals surface area contributed by atoms with Crippen LogP contribution < -0.4 is 19.5 Å². The van der Waals surface area contributed by atoms with E-state index < -0.39 is 17.9 Å². The van der Waals surface area contributed by atoms with Crippen molar-refractivity contribution in [3.8, 4) is 23.0 Å². The smallest absolute Gasteiger partial charge is 0.416 e. The molecule has 4 aromatic rings. The van der Waals surface area contributed by atoms with Gasteiger partial charge in [-0.25, -0.2) is 0 Å². The number of hydrogen-bond donors (Lipinski definition) is 1. The van der Waals surface area contributed by atoms with Gasteiger partial charge in [0.05, 0.1) is 25.3 Å². The van der Waals surface area contributed by atoms with E-state index in [1.807, 2.05) is 18.2 Å². The van der Waals surface area contributed by atoms with E-state index in [1.165, 1.54) is 19.2 Å². The molecule has 0 spiro atoms. The summed E-state index contributed by atoms with van der Waals surface area (Å²) in [5.41, 5.74) is 1.58. The van der Waals surface area contributed by atoms with Crippen molar-refractivity contribution in [3.05, 3.63) is 113 Å². The van der Waals surface area contributed by atoms with E-state index in [1.54, 1.807) is 60.5 Å². The predicted octanol–water partition coefficient (Wildman–Crippen LogP) is 7.28. The van der Waals surface area contributed by atoms with Crippen LogP contribution in [0.5, 0.6) is 23.0 Å². The van der Waals surface area contributed by atoms with Crippen molar-refractivity contribution in [2.45, 2.75) is 18.9 Å². The maximum atomic E-state index is 13.7. The molecule has 1 aliphatic rings. The SMILES string of the molecule is COc1ccc(Oc2cccc(C3Nc4ccc(OC)cc4C(=O)N3Cc3ccc(C(F)(F)F)cc3)c2)cc1. The Hall–Kier alpha value is -4.66. The van der Waals surface area contributed by atoms with Crippen LogP contribution in [0.15, 0.2) is 91.0 Å². The molecule has 0 saturated carbocycles. The summed E-state index contributed by atoms with van der Waals surface area (Å²) in [6, 6.07) is 24.4. The molecule has 200 valence electrons. The molecule has 1 heterocycles. The number of carbonyl (C=O) groups excluding carboxylic acids is 1. The zero-order valence-corrected chi connectivity index (χ0v) is 21.2. The zero-order valence-electron chi connectivity index (χ0n) is 21.2. The highest BCUT2D eigenvalue weighted by atomic mass is 19.4. The van der Waals surface area contributed by atoms with Gasteiger partial charge in [-0.2, -0.15) is 13.2 Å². The van der Waals surface area contributed by atoms with Crippen LogP contribution in [0.2, 0.25) is 0 Å². The lowest BCUT2D eigenvalue weighted by Crippen LogP contribution is -2.42. The van der Waals surface area contributed by atoms with Gasteiger partial charge in [-0.1, -0.05) is 24.3 Å². The third-order valence-electron chi connectivity index (χ3n) is 6.43. The number of alkyl halides is 3. The van der Waals surface area contributed by atoms with Gasteiger partial charge in [-0.05, 0) is 77.9 Å². The number of halogens is 3. The first-order valence-electron chi connectivity index (χ1n) is 12.1. The van der Waals surface area contributed by atoms with Gasteiger partial charge in [0.25, 0.3) is 5.91 Å². The van der Waals surface area contributed by atoms with Crippen LogP contribution in [0.4, 0.5) is 18.9 Å². The van der Waals surface area contributed by atoms with Crippen molar-refractivity contribution in [3.63, 3.8) is 0 Å². The number of nitrogens with one attached hydrogen (secondary N) is 1. The van der Waals surface area contributed by atoms with Crippen molar-refractivity contribution in [1.29, 1.82) is 0 Å². The van der Waals surface area contributed by atoms with Crippen molar-refractivity contribution in [2.24, 2.45) is 0 Å². The molecule has 39 heavy (non-hydrogen) atoms. The number of rotatable bonds is 7. The quantitative estimate of drug-likeness (QED) is 0.270. The lowest BCUT2D eigenvalue weighted by Gasteiger charge is -2.38. The monoisotopic (exact) mass is 534 g/mol. The number of nitrogens with zero attached hydrogens (tertiary/aromatic N) is 1. The van der Waals surface area contributed by atoms with E-state index in [-0.39, 0.29) is 12.5 Å². The molecule has 0 fully saturated rings. The third-order valence-corrected chi connectivity index (χ3v) is 6.43. The number of anilines is 1. The summed E-state index contributed by atoms with van der Waals surface area (Å²) >= 11 is 0. The lowest BCUT2D eigenvalue weighted by atomic mass is 10.0. The molecule has 5 rings (SSSR count). The van der Waals surface area contributed by atoms with Crippen LogP contribution in [0.3, 0.4) is 0 Å². The Morgan fingerprint density at radius 2 is 1.46 bits per heavy atom. The molecule has 1 amide bonds. The number of carbonyl (C=O) groups is 1. The number of ether oxygens (including phenoxy) is 3.